The van der Waals surface area contributed by atoms with E-state index in [0.717, 1.165) is 18.3 Å². The molecule has 0 radical (unpaired) electrons. The maximum atomic E-state index is 11.7. The zero-order chi connectivity index (χ0) is 15.8. The van der Waals surface area contributed by atoms with E-state index in [9.17, 15) is 9.90 Å². The molecular weight excluding hydrogens is 272 g/mol. The van der Waals surface area contributed by atoms with E-state index in [-0.39, 0.29) is 5.92 Å². The molecule has 2 heteroatoms. The summed E-state index contributed by atoms with van der Waals surface area (Å²) in [4.78, 5) is 11.7. The van der Waals surface area contributed by atoms with Gasteiger partial charge in [-0.3, -0.25) is 4.79 Å². The Kier molecular flexibility index (Phi) is 3.08. The number of fused-ring (bicyclic) bond motifs is 3. The second kappa shape index (κ2) is 4.51. The van der Waals surface area contributed by atoms with Gasteiger partial charge in [0.15, 0.2) is 0 Å². The first-order valence-corrected chi connectivity index (χ1v) is 9.51. The normalized spacial score (nSPS) is 52.7. The fourth-order valence-corrected chi connectivity index (χ4v) is 8.06. The fraction of sp³-hybridized carbons (Fsp3) is 0.950. The molecule has 6 atom stereocenters. The largest absolute Gasteiger partial charge is 0.481 e. The van der Waals surface area contributed by atoms with Gasteiger partial charge in [-0.05, 0) is 85.4 Å². The molecule has 22 heavy (non-hydrogen) atoms. The molecule has 0 saturated heterocycles. The average molecular weight is 304 g/mol. The van der Waals surface area contributed by atoms with Crippen LogP contribution in [0.5, 0.6) is 0 Å². The van der Waals surface area contributed by atoms with Crippen molar-refractivity contribution in [3.05, 3.63) is 0 Å². The highest BCUT2D eigenvalue weighted by Crippen LogP contribution is 2.72. The summed E-state index contributed by atoms with van der Waals surface area (Å²) in [6.07, 6.45) is 11.5. The number of carbonyl (C=O) groups is 1. The Labute approximate surface area is 135 Å². The van der Waals surface area contributed by atoms with Crippen molar-refractivity contribution in [1.29, 1.82) is 0 Å². The molecule has 0 aromatic carbocycles. The third-order valence-corrected chi connectivity index (χ3v) is 8.75. The molecule has 0 heterocycles. The summed E-state index contributed by atoms with van der Waals surface area (Å²) < 4.78 is 0. The number of hydrogen-bond acceptors (Lipinski definition) is 1. The molecule has 0 unspecified atom stereocenters. The average Bonchev–Trinajstić information content (AvgIpc) is 2.69. The van der Waals surface area contributed by atoms with Gasteiger partial charge in [-0.25, -0.2) is 0 Å². The quantitative estimate of drug-likeness (QED) is 0.730. The van der Waals surface area contributed by atoms with Crippen molar-refractivity contribution < 1.29 is 9.90 Å². The Hall–Kier alpha value is -0.530. The minimum atomic E-state index is -0.515. The lowest BCUT2D eigenvalue weighted by molar-refractivity contribution is -0.146. The molecule has 0 aromatic rings. The highest BCUT2D eigenvalue weighted by molar-refractivity contribution is 5.71. The standard InChI is InChI=1S/C20H32O2/c1-18(2)8-4-9-19(3)15(18)7-10-20-11-13(5-6-16(19)20)14(12-20)17(21)22/h13-16H,4-12H2,1-3H3,(H,21,22)/t13-,14-,15+,16-,19+,20-/m0/s1. The van der Waals surface area contributed by atoms with Gasteiger partial charge in [-0.2, -0.15) is 0 Å². The summed E-state index contributed by atoms with van der Waals surface area (Å²) in [5, 5.41) is 9.63. The van der Waals surface area contributed by atoms with Gasteiger partial charge in [0.1, 0.15) is 0 Å². The van der Waals surface area contributed by atoms with Crippen molar-refractivity contribution in [3.63, 3.8) is 0 Å². The lowest BCUT2D eigenvalue weighted by atomic mass is 9.41. The molecule has 4 aliphatic carbocycles. The first-order valence-electron chi connectivity index (χ1n) is 9.51. The van der Waals surface area contributed by atoms with Gasteiger partial charge in [0.25, 0.3) is 0 Å². The van der Waals surface area contributed by atoms with E-state index in [1.165, 1.54) is 51.4 Å². The smallest absolute Gasteiger partial charge is 0.306 e. The molecule has 0 aliphatic heterocycles. The minimum Gasteiger partial charge on any atom is -0.481 e. The summed E-state index contributed by atoms with van der Waals surface area (Å²) in [6.45, 7) is 7.57. The van der Waals surface area contributed by atoms with Gasteiger partial charge in [0.2, 0.25) is 0 Å². The number of carboxylic acids is 1. The number of carboxylic acid groups (broad SMARTS) is 1. The lowest BCUT2D eigenvalue weighted by Crippen LogP contribution is -2.55. The van der Waals surface area contributed by atoms with E-state index in [1.807, 2.05) is 0 Å². The van der Waals surface area contributed by atoms with Crippen LogP contribution in [0, 0.1) is 39.9 Å². The Balaban J connectivity index is 1.70. The van der Waals surface area contributed by atoms with E-state index >= 15 is 0 Å². The van der Waals surface area contributed by atoms with Crippen LogP contribution >= 0.6 is 0 Å². The van der Waals surface area contributed by atoms with Gasteiger partial charge < -0.3 is 5.11 Å². The van der Waals surface area contributed by atoms with Gasteiger partial charge in [-0.15, -0.1) is 0 Å². The first-order chi connectivity index (χ1) is 10.3. The fourth-order valence-electron chi connectivity index (χ4n) is 8.06. The topological polar surface area (TPSA) is 37.3 Å². The van der Waals surface area contributed by atoms with E-state index in [2.05, 4.69) is 20.8 Å². The van der Waals surface area contributed by atoms with E-state index < -0.39 is 5.97 Å². The van der Waals surface area contributed by atoms with Crippen LogP contribution in [-0.4, -0.2) is 11.1 Å². The predicted octanol–water partition coefficient (Wildman–Crippen LogP) is 5.12. The predicted molar refractivity (Wildman–Crippen MR) is 87.5 cm³/mol. The molecule has 4 rings (SSSR count). The summed E-state index contributed by atoms with van der Waals surface area (Å²) in [6, 6.07) is 0. The van der Waals surface area contributed by atoms with Crippen molar-refractivity contribution in [2.24, 2.45) is 39.9 Å². The van der Waals surface area contributed by atoms with Crippen LogP contribution in [-0.2, 0) is 4.79 Å². The van der Waals surface area contributed by atoms with Crippen LogP contribution in [0.25, 0.3) is 0 Å². The minimum absolute atomic E-state index is 0.0400. The Morgan fingerprint density at radius 2 is 1.73 bits per heavy atom. The third-order valence-electron chi connectivity index (χ3n) is 8.75. The van der Waals surface area contributed by atoms with Gasteiger partial charge in [0.05, 0.1) is 5.92 Å². The van der Waals surface area contributed by atoms with Crippen LogP contribution in [0.3, 0.4) is 0 Å². The highest BCUT2D eigenvalue weighted by Gasteiger charge is 2.64. The molecule has 0 amide bonds. The molecule has 1 spiro atoms. The Bertz CT molecular complexity index is 496. The van der Waals surface area contributed by atoms with Gasteiger partial charge in [-0.1, -0.05) is 27.2 Å². The summed E-state index contributed by atoms with van der Waals surface area (Å²) >= 11 is 0. The van der Waals surface area contributed by atoms with Crippen molar-refractivity contribution in [2.45, 2.75) is 78.6 Å². The Morgan fingerprint density at radius 1 is 0.955 bits per heavy atom. The molecule has 4 saturated carbocycles. The monoisotopic (exact) mass is 304 g/mol. The van der Waals surface area contributed by atoms with E-state index in [0.29, 0.717) is 22.2 Å². The summed E-state index contributed by atoms with van der Waals surface area (Å²) in [5.74, 6) is 1.56. The summed E-state index contributed by atoms with van der Waals surface area (Å²) in [5.41, 5.74) is 1.33. The second-order valence-electron chi connectivity index (χ2n) is 10.0. The maximum Gasteiger partial charge on any atom is 0.306 e. The van der Waals surface area contributed by atoms with Crippen molar-refractivity contribution in [1.82, 2.24) is 0 Å². The molecule has 124 valence electrons. The SMILES string of the molecule is CC1(C)CCC[C@]2(C)[C@@H]1CC[C@@]13C[C@H](CC[C@H]12)[C@@H](C(=O)O)C3. The van der Waals surface area contributed by atoms with Crippen molar-refractivity contribution in [3.8, 4) is 0 Å². The zero-order valence-corrected chi connectivity index (χ0v) is 14.5. The van der Waals surface area contributed by atoms with Crippen molar-refractivity contribution >= 4 is 5.97 Å². The lowest BCUT2D eigenvalue weighted by Gasteiger charge is -2.64. The van der Waals surface area contributed by atoms with E-state index in [1.54, 1.807) is 0 Å². The van der Waals surface area contributed by atoms with Gasteiger partial charge >= 0.3 is 5.97 Å². The van der Waals surface area contributed by atoms with Crippen LogP contribution in [0.4, 0.5) is 0 Å². The number of hydrogen-bond donors (Lipinski definition) is 1. The van der Waals surface area contributed by atoms with Crippen LogP contribution in [0.15, 0.2) is 0 Å². The molecule has 1 N–H and O–H groups in total. The number of aliphatic carboxylic acids is 1. The van der Waals surface area contributed by atoms with Crippen LogP contribution in [0.1, 0.15) is 78.6 Å². The number of rotatable bonds is 1. The molecule has 0 aromatic heterocycles. The molecular formula is C20H32O2. The van der Waals surface area contributed by atoms with Gasteiger partial charge in [0, 0.05) is 0 Å². The summed E-state index contributed by atoms with van der Waals surface area (Å²) in [7, 11) is 0. The Morgan fingerprint density at radius 3 is 2.45 bits per heavy atom. The molecule has 2 nitrogen and oxygen atoms in total. The van der Waals surface area contributed by atoms with Crippen LogP contribution in [0.2, 0.25) is 0 Å². The molecule has 2 bridgehead atoms. The molecule has 4 aliphatic rings. The molecule has 4 fully saturated rings. The third kappa shape index (κ3) is 1.82. The van der Waals surface area contributed by atoms with Crippen LogP contribution < -0.4 is 0 Å². The zero-order valence-electron chi connectivity index (χ0n) is 14.5. The van der Waals surface area contributed by atoms with E-state index in [4.69, 9.17) is 0 Å². The highest BCUT2D eigenvalue weighted by atomic mass is 16.4. The second-order valence-corrected chi connectivity index (χ2v) is 10.0. The first kappa shape index (κ1) is 15.0. The maximum absolute atomic E-state index is 11.7. The van der Waals surface area contributed by atoms with Crippen molar-refractivity contribution in [2.75, 3.05) is 0 Å².